The van der Waals surface area contributed by atoms with Crippen molar-refractivity contribution in [3.8, 4) is 0 Å². The molecule has 1 heterocycles. The minimum Gasteiger partial charge on any atom is -0.354 e. The number of rotatable bonds is 6. The Hall–Kier alpha value is -1.11. The molecule has 1 unspecified atom stereocenters. The Bertz CT molecular complexity index is 490. The maximum Gasteiger partial charge on any atom is 0.251 e. The number of carbonyl (C=O) groups excluding carboxylic acids is 2. The van der Waals surface area contributed by atoms with Gasteiger partial charge in [0.25, 0.3) is 5.91 Å². The molecule has 0 radical (unpaired) electrons. The molecule has 1 fully saturated rings. The summed E-state index contributed by atoms with van der Waals surface area (Å²) in [6.07, 6.45) is 2.58. The summed E-state index contributed by atoms with van der Waals surface area (Å²) in [5.74, 6) is -0.187. The minimum absolute atomic E-state index is 0. The Kier molecular flexibility index (Phi) is 8.45. The second-order valence-corrected chi connectivity index (χ2v) is 6.03. The SMILES string of the molecule is Cl.O=C(CCNC(=O)c1ccc(Br)cc1)NCC1CCCN1. The van der Waals surface area contributed by atoms with Crippen molar-refractivity contribution in [3.05, 3.63) is 34.3 Å². The second kappa shape index (κ2) is 9.82. The van der Waals surface area contributed by atoms with E-state index in [2.05, 4.69) is 31.9 Å². The second-order valence-electron chi connectivity index (χ2n) is 5.11. The van der Waals surface area contributed by atoms with Crippen LogP contribution in [0.3, 0.4) is 0 Å². The van der Waals surface area contributed by atoms with Gasteiger partial charge < -0.3 is 16.0 Å². The van der Waals surface area contributed by atoms with Gasteiger partial charge in [0.1, 0.15) is 0 Å². The average Bonchev–Trinajstić information content (AvgIpc) is 2.99. The lowest BCUT2D eigenvalue weighted by Crippen LogP contribution is -2.38. The smallest absolute Gasteiger partial charge is 0.251 e. The Morgan fingerprint density at radius 2 is 1.95 bits per heavy atom. The lowest BCUT2D eigenvalue weighted by Gasteiger charge is -2.11. The third kappa shape index (κ3) is 6.34. The molecule has 7 heteroatoms. The van der Waals surface area contributed by atoms with Crippen molar-refractivity contribution in [1.82, 2.24) is 16.0 Å². The Morgan fingerprint density at radius 1 is 1.23 bits per heavy atom. The quantitative estimate of drug-likeness (QED) is 0.694. The molecule has 0 saturated carbocycles. The van der Waals surface area contributed by atoms with Crippen LogP contribution < -0.4 is 16.0 Å². The predicted molar refractivity (Wildman–Crippen MR) is 92.4 cm³/mol. The van der Waals surface area contributed by atoms with Crippen LogP contribution in [0.15, 0.2) is 28.7 Å². The van der Waals surface area contributed by atoms with Gasteiger partial charge in [0.2, 0.25) is 5.91 Å². The van der Waals surface area contributed by atoms with Crippen molar-refractivity contribution < 1.29 is 9.59 Å². The largest absolute Gasteiger partial charge is 0.354 e. The lowest BCUT2D eigenvalue weighted by atomic mass is 10.2. The number of nitrogens with one attached hydrogen (secondary N) is 3. The highest BCUT2D eigenvalue weighted by molar-refractivity contribution is 9.10. The fourth-order valence-electron chi connectivity index (χ4n) is 2.25. The number of halogens is 2. The van der Waals surface area contributed by atoms with E-state index in [0.717, 1.165) is 17.4 Å². The molecule has 0 aromatic heterocycles. The molecule has 1 saturated heterocycles. The highest BCUT2D eigenvalue weighted by atomic mass is 79.9. The van der Waals surface area contributed by atoms with E-state index in [1.165, 1.54) is 6.42 Å². The van der Waals surface area contributed by atoms with E-state index in [9.17, 15) is 9.59 Å². The van der Waals surface area contributed by atoms with Crippen molar-refractivity contribution in [3.63, 3.8) is 0 Å². The first-order valence-electron chi connectivity index (χ1n) is 7.19. The van der Waals surface area contributed by atoms with Crippen molar-refractivity contribution in [2.24, 2.45) is 0 Å². The maximum atomic E-state index is 11.8. The van der Waals surface area contributed by atoms with Gasteiger partial charge in [-0.25, -0.2) is 0 Å². The maximum absolute atomic E-state index is 11.8. The summed E-state index contributed by atoms with van der Waals surface area (Å²) in [6, 6.07) is 7.51. The lowest BCUT2D eigenvalue weighted by molar-refractivity contribution is -0.121. The summed E-state index contributed by atoms with van der Waals surface area (Å²) in [6.45, 7) is 2.04. The highest BCUT2D eigenvalue weighted by Gasteiger charge is 2.14. The first-order valence-corrected chi connectivity index (χ1v) is 7.98. The van der Waals surface area contributed by atoms with Gasteiger partial charge in [-0.2, -0.15) is 0 Å². The zero-order chi connectivity index (χ0) is 15.1. The monoisotopic (exact) mass is 389 g/mol. The van der Waals surface area contributed by atoms with Gasteiger partial charge in [-0.3, -0.25) is 9.59 Å². The summed E-state index contributed by atoms with van der Waals surface area (Å²) >= 11 is 3.32. The van der Waals surface area contributed by atoms with E-state index in [4.69, 9.17) is 0 Å². The highest BCUT2D eigenvalue weighted by Crippen LogP contribution is 2.10. The van der Waals surface area contributed by atoms with Crippen LogP contribution in [0.5, 0.6) is 0 Å². The molecule has 0 spiro atoms. The summed E-state index contributed by atoms with van der Waals surface area (Å²) < 4.78 is 0.930. The average molecular weight is 391 g/mol. The summed E-state index contributed by atoms with van der Waals surface area (Å²) in [5.41, 5.74) is 0.591. The molecular weight excluding hydrogens is 370 g/mol. The summed E-state index contributed by atoms with van der Waals surface area (Å²) in [5, 5.41) is 8.96. The van der Waals surface area contributed by atoms with Gasteiger partial charge in [-0.1, -0.05) is 15.9 Å². The number of benzene rings is 1. The number of carbonyl (C=O) groups is 2. The molecule has 22 heavy (non-hydrogen) atoms. The topological polar surface area (TPSA) is 70.2 Å². The summed E-state index contributed by atoms with van der Waals surface area (Å²) in [4.78, 5) is 23.5. The van der Waals surface area contributed by atoms with Gasteiger partial charge in [-0.05, 0) is 43.7 Å². The number of hydrogen-bond donors (Lipinski definition) is 3. The van der Waals surface area contributed by atoms with E-state index < -0.39 is 0 Å². The normalized spacial score (nSPS) is 16.7. The third-order valence-electron chi connectivity index (χ3n) is 3.45. The zero-order valence-corrected chi connectivity index (χ0v) is 14.6. The number of amides is 2. The van der Waals surface area contributed by atoms with Crippen molar-refractivity contribution in [1.29, 1.82) is 0 Å². The Balaban J connectivity index is 0.00000242. The zero-order valence-electron chi connectivity index (χ0n) is 12.2. The van der Waals surface area contributed by atoms with Crippen LogP contribution in [0.1, 0.15) is 29.6 Å². The van der Waals surface area contributed by atoms with Crippen molar-refractivity contribution >= 4 is 40.2 Å². The first-order chi connectivity index (χ1) is 10.1. The van der Waals surface area contributed by atoms with Crippen LogP contribution in [0, 0.1) is 0 Å². The first kappa shape index (κ1) is 18.9. The fourth-order valence-corrected chi connectivity index (χ4v) is 2.51. The summed E-state index contributed by atoms with van der Waals surface area (Å²) in [7, 11) is 0. The molecule has 5 nitrogen and oxygen atoms in total. The van der Waals surface area contributed by atoms with Gasteiger partial charge in [0.15, 0.2) is 0 Å². The van der Waals surface area contributed by atoms with Gasteiger partial charge in [0, 0.05) is 35.6 Å². The van der Waals surface area contributed by atoms with Crippen molar-refractivity contribution in [2.75, 3.05) is 19.6 Å². The molecule has 1 aliphatic rings. The molecular formula is C15H21BrClN3O2. The van der Waals surface area contributed by atoms with E-state index in [1.54, 1.807) is 12.1 Å². The van der Waals surface area contributed by atoms with Crippen LogP contribution in [0.2, 0.25) is 0 Å². The molecule has 0 bridgehead atoms. The molecule has 1 aromatic rings. The van der Waals surface area contributed by atoms with Crippen LogP contribution in [0.4, 0.5) is 0 Å². The van der Waals surface area contributed by atoms with Gasteiger partial charge in [0.05, 0.1) is 0 Å². The molecule has 3 N–H and O–H groups in total. The van der Waals surface area contributed by atoms with Gasteiger partial charge in [-0.15, -0.1) is 12.4 Å². The third-order valence-corrected chi connectivity index (χ3v) is 3.98. The van der Waals surface area contributed by atoms with E-state index in [-0.39, 0.29) is 24.2 Å². The van der Waals surface area contributed by atoms with E-state index in [0.29, 0.717) is 31.1 Å². The minimum atomic E-state index is -0.159. The molecule has 1 aliphatic heterocycles. The molecule has 0 aliphatic carbocycles. The van der Waals surface area contributed by atoms with Gasteiger partial charge >= 0.3 is 0 Å². The molecule has 2 amide bonds. The van der Waals surface area contributed by atoms with Crippen molar-refractivity contribution in [2.45, 2.75) is 25.3 Å². The standard InChI is InChI=1S/C15H20BrN3O2.ClH/c16-12-5-3-11(4-6-12)15(21)18-9-7-14(20)19-10-13-2-1-8-17-13;/h3-6,13,17H,1-2,7-10H2,(H,18,21)(H,19,20);1H. The number of hydrogen-bond acceptors (Lipinski definition) is 3. The molecule has 1 atom stereocenters. The fraction of sp³-hybridized carbons (Fsp3) is 0.467. The van der Waals surface area contributed by atoms with Crippen LogP contribution >= 0.6 is 28.3 Å². The Labute approximate surface area is 145 Å². The molecule has 2 rings (SSSR count). The molecule has 1 aromatic carbocycles. The van der Waals surface area contributed by atoms with Crippen LogP contribution in [0.25, 0.3) is 0 Å². The predicted octanol–water partition coefficient (Wildman–Crippen LogP) is 1.86. The van der Waals surface area contributed by atoms with Crippen LogP contribution in [-0.2, 0) is 4.79 Å². The van der Waals surface area contributed by atoms with E-state index in [1.807, 2.05) is 12.1 Å². The molecule has 122 valence electrons. The Morgan fingerprint density at radius 3 is 2.59 bits per heavy atom. The van der Waals surface area contributed by atoms with E-state index >= 15 is 0 Å². The van der Waals surface area contributed by atoms with Crippen LogP contribution in [-0.4, -0.2) is 37.5 Å².